The maximum atomic E-state index is 11.2. The standard InChI is InChI=1S/C14H23N3O3/c1-5-17(8-9-20-14(2,3)4)12-7-6-11(10-15-12)13(18)16-19/h6-7,10,19H,5,8-9H2,1-4H3,(H,16,18). The van der Waals surface area contributed by atoms with Crippen molar-refractivity contribution in [2.45, 2.75) is 33.3 Å². The van der Waals surface area contributed by atoms with Crippen LogP contribution in [-0.2, 0) is 4.74 Å². The molecule has 20 heavy (non-hydrogen) atoms. The van der Waals surface area contributed by atoms with Crippen molar-refractivity contribution in [1.29, 1.82) is 0 Å². The van der Waals surface area contributed by atoms with Gasteiger partial charge in [0.05, 0.1) is 17.8 Å². The number of rotatable bonds is 6. The molecule has 0 aliphatic heterocycles. The Balaban J connectivity index is 2.63. The van der Waals surface area contributed by atoms with Crippen LogP contribution in [0.25, 0.3) is 0 Å². The second-order valence-electron chi connectivity index (χ2n) is 5.39. The molecule has 0 saturated heterocycles. The molecule has 0 radical (unpaired) electrons. The molecule has 1 aromatic heterocycles. The SMILES string of the molecule is CCN(CCOC(C)(C)C)c1ccc(C(=O)NO)cn1. The molecule has 1 rings (SSSR count). The van der Waals surface area contributed by atoms with Crippen LogP contribution in [0.15, 0.2) is 18.3 Å². The van der Waals surface area contributed by atoms with Crippen LogP contribution in [0.5, 0.6) is 0 Å². The average Bonchev–Trinajstić information content (AvgIpc) is 2.42. The molecule has 0 spiro atoms. The molecule has 6 heteroatoms. The Hall–Kier alpha value is -1.66. The Labute approximate surface area is 119 Å². The van der Waals surface area contributed by atoms with Gasteiger partial charge in [-0.05, 0) is 39.8 Å². The van der Waals surface area contributed by atoms with E-state index in [0.29, 0.717) is 12.2 Å². The van der Waals surface area contributed by atoms with Crippen LogP contribution in [0.4, 0.5) is 5.82 Å². The Morgan fingerprint density at radius 2 is 2.15 bits per heavy atom. The number of ether oxygens (including phenoxy) is 1. The Kier molecular flexibility index (Phi) is 5.91. The smallest absolute Gasteiger partial charge is 0.276 e. The van der Waals surface area contributed by atoms with E-state index < -0.39 is 5.91 Å². The van der Waals surface area contributed by atoms with E-state index in [9.17, 15) is 4.79 Å². The van der Waals surface area contributed by atoms with Crippen LogP contribution >= 0.6 is 0 Å². The highest BCUT2D eigenvalue weighted by Crippen LogP contribution is 2.12. The van der Waals surface area contributed by atoms with Gasteiger partial charge in [-0.3, -0.25) is 10.0 Å². The first kappa shape index (κ1) is 16.4. The number of hydrogen-bond acceptors (Lipinski definition) is 5. The van der Waals surface area contributed by atoms with Gasteiger partial charge >= 0.3 is 0 Å². The van der Waals surface area contributed by atoms with Crippen molar-refractivity contribution in [2.24, 2.45) is 0 Å². The number of carbonyl (C=O) groups excluding carboxylic acids is 1. The predicted octanol–water partition coefficient (Wildman–Crippen LogP) is 1.84. The van der Waals surface area contributed by atoms with E-state index in [1.165, 1.54) is 6.20 Å². The third kappa shape index (κ3) is 5.14. The molecule has 6 nitrogen and oxygen atoms in total. The summed E-state index contributed by atoms with van der Waals surface area (Å²) in [6.07, 6.45) is 1.44. The van der Waals surface area contributed by atoms with Crippen molar-refractivity contribution in [1.82, 2.24) is 10.5 Å². The fraction of sp³-hybridized carbons (Fsp3) is 0.571. The van der Waals surface area contributed by atoms with Gasteiger partial charge in [0.15, 0.2) is 0 Å². The van der Waals surface area contributed by atoms with E-state index in [1.807, 2.05) is 27.7 Å². The molecular weight excluding hydrogens is 258 g/mol. The fourth-order valence-electron chi connectivity index (χ4n) is 1.67. The molecule has 0 aromatic carbocycles. The molecular formula is C14H23N3O3. The number of aromatic nitrogens is 1. The summed E-state index contributed by atoms with van der Waals surface area (Å²) in [5, 5.41) is 8.55. The second-order valence-corrected chi connectivity index (χ2v) is 5.39. The van der Waals surface area contributed by atoms with Gasteiger partial charge in [0, 0.05) is 19.3 Å². The summed E-state index contributed by atoms with van der Waals surface area (Å²) in [5.74, 6) is 0.211. The van der Waals surface area contributed by atoms with Gasteiger partial charge in [-0.15, -0.1) is 0 Å². The molecule has 0 saturated carbocycles. The lowest BCUT2D eigenvalue weighted by molar-refractivity contribution is 0.00137. The minimum absolute atomic E-state index is 0.157. The van der Waals surface area contributed by atoms with Crippen LogP contribution in [0.1, 0.15) is 38.1 Å². The van der Waals surface area contributed by atoms with Gasteiger partial charge in [0.25, 0.3) is 5.91 Å². The summed E-state index contributed by atoms with van der Waals surface area (Å²) < 4.78 is 5.70. The highest BCUT2D eigenvalue weighted by Gasteiger charge is 2.12. The minimum Gasteiger partial charge on any atom is -0.374 e. The van der Waals surface area contributed by atoms with Crippen LogP contribution in [0, 0.1) is 0 Å². The second kappa shape index (κ2) is 7.21. The normalized spacial score (nSPS) is 11.2. The summed E-state index contributed by atoms with van der Waals surface area (Å²) in [5.41, 5.74) is 1.74. The monoisotopic (exact) mass is 281 g/mol. The van der Waals surface area contributed by atoms with Gasteiger partial charge in [0.1, 0.15) is 5.82 Å². The number of carbonyl (C=O) groups is 1. The van der Waals surface area contributed by atoms with Crippen LogP contribution in [0.3, 0.4) is 0 Å². The fourth-order valence-corrected chi connectivity index (χ4v) is 1.67. The lowest BCUT2D eigenvalue weighted by Gasteiger charge is -2.25. The zero-order valence-electron chi connectivity index (χ0n) is 12.5. The van der Waals surface area contributed by atoms with Crippen molar-refractivity contribution < 1.29 is 14.7 Å². The zero-order chi connectivity index (χ0) is 15.2. The number of pyridine rings is 1. The van der Waals surface area contributed by atoms with Crippen LogP contribution in [0.2, 0.25) is 0 Å². The minimum atomic E-state index is -0.567. The zero-order valence-corrected chi connectivity index (χ0v) is 12.5. The van der Waals surface area contributed by atoms with Gasteiger partial charge < -0.3 is 9.64 Å². The third-order valence-electron chi connectivity index (χ3n) is 2.71. The van der Waals surface area contributed by atoms with Gasteiger partial charge in [-0.1, -0.05) is 0 Å². The van der Waals surface area contributed by atoms with Crippen molar-refractivity contribution in [3.8, 4) is 0 Å². The van der Waals surface area contributed by atoms with Gasteiger partial charge in [0.2, 0.25) is 0 Å². The van der Waals surface area contributed by atoms with E-state index in [1.54, 1.807) is 17.6 Å². The topological polar surface area (TPSA) is 74.7 Å². The maximum absolute atomic E-state index is 11.2. The summed E-state index contributed by atoms with van der Waals surface area (Å²) in [4.78, 5) is 17.5. The lowest BCUT2D eigenvalue weighted by atomic mass is 10.2. The molecule has 2 N–H and O–H groups in total. The molecule has 112 valence electrons. The van der Waals surface area contributed by atoms with Gasteiger partial charge in [-0.25, -0.2) is 10.5 Å². The summed E-state index contributed by atoms with van der Waals surface area (Å²) >= 11 is 0. The predicted molar refractivity (Wildman–Crippen MR) is 77.1 cm³/mol. The van der Waals surface area contributed by atoms with Crippen molar-refractivity contribution in [2.75, 3.05) is 24.6 Å². The summed E-state index contributed by atoms with van der Waals surface area (Å²) in [7, 11) is 0. The van der Waals surface area contributed by atoms with Crippen molar-refractivity contribution >= 4 is 11.7 Å². The van der Waals surface area contributed by atoms with E-state index in [4.69, 9.17) is 9.94 Å². The number of hydroxylamine groups is 1. The lowest BCUT2D eigenvalue weighted by Crippen LogP contribution is -2.31. The molecule has 0 aliphatic carbocycles. The molecule has 1 heterocycles. The number of nitrogens with one attached hydrogen (secondary N) is 1. The van der Waals surface area contributed by atoms with Crippen LogP contribution < -0.4 is 10.4 Å². The largest absolute Gasteiger partial charge is 0.374 e. The molecule has 0 fully saturated rings. The Morgan fingerprint density at radius 1 is 1.45 bits per heavy atom. The maximum Gasteiger partial charge on any atom is 0.276 e. The molecule has 0 aliphatic rings. The molecule has 0 bridgehead atoms. The Bertz CT molecular complexity index is 426. The number of amides is 1. The molecule has 1 amide bonds. The number of nitrogens with zero attached hydrogens (tertiary/aromatic N) is 2. The Morgan fingerprint density at radius 3 is 2.60 bits per heavy atom. The van der Waals surface area contributed by atoms with E-state index in [2.05, 4.69) is 9.88 Å². The van der Waals surface area contributed by atoms with Gasteiger partial charge in [-0.2, -0.15) is 0 Å². The first-order valence-corrected chi connectivity index (χ1v) is 6.66. The highest BCUT2D eigenvalue weighted by molar-refractivity contribution is 5.93. The molecule has 0 atom stereocenters. The number of hydrogen-bond donors (Lipinski definition) is 2. The quantitative estimate of drug-likeness (QED) is 0.615. The van der Waals surface area contributed by atoms with E-state index >= 15 is 0 Å². The first-order chi connectivity index (χ1) is 9.37. The first-order valence-electron chi connectivity index (χ1n) is 6.66. The van der Waals surface area contributed by atoms with Crippen molar-refractivity contribution in [3.05, 3.63) is 23.9 Å². The third-order valence-corrected chi connectivity index (χ3v) is 2.71. The average molecular weight is 281 g/mol. The summed E-state index contributed by atoms with van der Waals surface area (Å²) in [6.45, 7) is 10.2. The molecule has 1 aromatic rings. The van der Waals surface area contributed by atoms with E-state index in [0.717, 1.165) is 18.9 Å². The highest BCUT2D eigenvalue weighted by atomic mass is 16.5. The summed E-state index contributed by atoms with van der Waals surface area (Å²) in [6, 6.07) is 3.38. The van der Waals surface area contributed by atoms with Crippen molar-refractivity contribution in [3.63, 3.8) is 0 Å². The number of anilines is 1. The number of likely N-dealkylation sites (N-methyl/N-ethyl adjacent to an activating group) is 1. The van der Waals surface area contributed by atoms with E-state index in [-0.39, 0.29) is 5.60 Å². The van der Waals surface area contributed by atoms with Crippen LogP contribution in [-0.4, -0.2) is 41.4 Å². The molecule has 0 unspecified atom stereocenters.